The van der Waals surface area contributed by atoms with Crippen LogP contribution in [0.3, 0.4) is 0 Å². The molecule has 1 aromatic rings. The maximum atomic E-state index is 11.4. The highest BCUT2D eigenvalue weighted by atomic mass is 35.5. The molecule has 0 heterocycles. The Labute approximate surface area is 99.5 Å². The van der Waals surface area contributed by atoms with E-state index in [1.165, 1.54) is 11.8 Å². The van der Waals surface area contributed by atoms with Crippen molar-refractivity contribution in [1.29, 1.82) is 0 Å². The summed E-state index contributed by atoms with van der Waals surface area (Å²) in [6, 6.07) is 7.54. The lowest BCUT2D eigenvalue weighted by atomic mass is 10.2. The van der Waals surface area contributed by atoms with Gasteiger partial charge in [-0.05, 0) is 19.1 Å². The lowest BCUT2D eigenvalue weighted by molar-refractivity contribution is -0.115. The Morgan fingerprint density at radius 3 is 2.73 bits per heavy atom. The summed E-state index contributed by atoms with van der Waals surface area (Å²) in [5, 5.41) is 0.700. The van der Waals surface area contributed by atoms with Gasteiger partial charge in [0.15, 0.2) is 0 Å². The topological polar surface area (TPSA) is 17.1 Å². The summed E-state index contributed by atoms with van der Waals surface area (Å²) in [4.78, 5) is 12.4. The second-order valence-electron chi connectivity index (χ2n) is 3.39. The fraction of sp³-hybridized carbons (Fsp3) is 0.250. The van der Waals surface area contributed by atoms with Gasteiger partial charge in [-0.25, -0.2) is 0 Å². The van der Waals surface area contributed by atoms with Crippen LogP contribution in [0.5, 0.6) is 0 Å². The number of carbonyl (C=O) groups excluding carboxylic acids is 1. The van der Waals surface area contributed by atoms with Crippen LogP contribution in [0.2, 0.25) is 5.02 Å². The zero-order chi connectivity index (χ0) is 11.3. The molecule has 15 heavy (non-hydrogen) atoms. The number of Topliss-reactive ketones (excluding diaryl/α,β-unsaturated/α-hetero) is 1. The summed E-state index contributed by atoms with van der Waals surface area (Å²) in [6.07, 6.45) is 0.456. The van der Waals surface area contributed by atoms with Crippen molar-refractivity contribution in [2.75, 3.05) is 5.75 Å². The first-order chi connectivity index (χ1) is 7.09. The van der Waals surface area contributed by atoms with Crippen molar-refractivity contribution in [2.45, 2.75) is 18.2 Å². The number of thioether (sulfide) groups is 1. The van der Waals surface area contributed by atoms with Gasteiger partial charge in [0.1, 0.15) is 5.78 Å². The number of benzene rings is 1. The molecule has 0 fully saturated rings. The molecule has 0 radical (unpaired) electrons. The molecule has 0 N–H and O–H groups in total. The molecule has 0 saturated heterocycles. The van der Waals surface area contributed by atoms with Crippen LogP contribution in [0, 0.1) is 0 Å². The number of ketones is 1. The lowest BCUT2D eigenvalue weighted by Crippen LogP contribution is -2.01. The maximum absolute atomic E-state index is 11.4. The van der Waals surface area contributed by atoms with Crippen LogP contribution in [0.15, 0.2) is 41.3 Å². The summed E-state index contributed by atoms with van der Waals surface area (Å²) < 4.78 is 0. The molecule has 0 unspecified atom stereocenters. The van der Waals surface area contributed by atoms with Crippen LogP contribution in [0.25, 0.3) is 0 Å². The molecule has 1 aromatic carbocycles. The average Bonchev–Trinajstić information content (AvgIpc) is 2.15. The third-order valence-corrected chi connectivity index (χ3v) is 3.30. The minimum atomic E-state index is 0.187. The summed E-state index contributed by atoms with van der Waals surface area (Å²) in [7, 11) is 0. The number of hydrogen-bond acceptors (Lipinski definition) is 2. The molecule has 1 nitrogen and oxygen atoms in total. The van der Waals surface area contributed by atoms with Gasteiger partial charge in [-0.2, -0.15) is 0 Å². The zero-order valence-corrected chi connectivity index (χ0v) is 10.2. The van der Waals surface area contributed by atoms with E-state index in [0.29, 0.717) is 17.2 Å². The van der Waals surface area contributed by atoms with E-state index in [1.54, 1.807) is 0 Å². The predicted octanol–water partition coefficient (Wildman–Crippen LogP) is 3.97. The average molecular weight is 241 g/mol. The van der Waals surface area contributed by atoms with Gasteiger partial charge in [0, 0.05) is 11.3 Å². The number of hydrogen-bond donors (Lipinski definition) is 0. The van der Waals surface area contributed by atoms with Gasteiger partial charge in [-0.1, -0.05) is 35.9 Å². The van der Waals surface area contributed by atoms with E-state index in [2.05, 4.69) is 6.58 Å². The molecule has 0 aliphatic rings. The summed E-state index contributed by atoms with van der Waals surface area (Å²) in [5.74, 6) is 0.642. The van der Waals surface area contributed by atoms with Crippen LogP contribution in [0.1, 0.15) is 13.3 Å². The number of rotatable bonds is 5. The smallest absolute Gasteiger partial charge is 0.147 e. The van der Waals surface area contributed by atoms with Crippen LogP contribution in [-0.4, -0.2) is 11.5 Å². The van der Waals surface area contributed by atoms with Crippen LogP contribution >= 0.6 is 23.4 Å². The molecular formula is C12H13ClOS. The fourth-order valence-electron chi connectivity index (χ4n) is 1.11. The standard InChI is InChI=1S/C12H13ClOS/c1-9(2)7-10(14)8-15-12-6-4-3-5-11(12)13/h3-6H,1,7-8H2,2H3. The summed E-state index contributed by atoms with van der Waals surface area (Å²) in [5.41, 5.74) is 0.903. The van der Waals surface area contributed by atoms with Gasteiger partial charge in [0.2, 0.25) is 0 Å². The van der Waals surface area contributed by atoms with Crippen LogP contribution in [0.4, 0.5) is 0 Å². The molecule has 0 amide bonds. The molecule has 0 aromatic heterocycles. The molecule has 3 heteroatoms. The highest BCUT2D eigenvalue weighted by Crippen LogP contribution is 2.26. The van der Waals surface area contributed by atoms with E-state index in [0.717, 1.165) is 10.5 Å². The Kier molecular flexibility index (Phi) is 4.92. The van der Waals surface area contributed by atoms with E-state index in [1.807, 2.05) is 31.2 Å². The molecular weight excluding hydrogens is 228 g/mol. The molecule has 0 spiro atoms. The molecule has 80 valence electrons. The van der Waals surface area contributed by atoms with E-state index in [9.17, 15) is 4.79 Å². The lowest BCUT2D eigenvalue weighted by Gasteiger charge is -2.03. The Morgan fingerprint density at radius 1 is 1.47 bits per heavy atom. The van der Waals surface area contributed by atoms with Crippen LogP contribution in [-0.2, 0) is 4.79 Å². The first kappa shape index (κ1) is 12.3. The Bertz CT molecular complexity index is 374. The highest BCUT2D eigenvalue weighted by Gasteiger charge is 2.05. The molecule has 0 atom stereocenters. The van der Waals surface area contributed by atoms with Gasteiger partial charge in [-0.3, -0.25) is 4.79 Å². The zero-order valence-electron chi connectivity index (χ0n) is 8.63. The fourth-order valence-corrected chi connectivity index (χ4v) is 2.21. The van der Waals surface area contributed by atoms with Crippen molar-refractivity contribution in [1.82, 2.24) is 0 Å². The Balaban J connectivity index is 2.47. The van der Waals surface area contributed by atoms with Crippen molar-refractivity contribution in [3.8, 4) is 0 Å². The quantitative estimate of drug-likeness (QED) is 0.572. The maximum Gasteiger partial charge on any atom is 0.147 e. The van der Waals surface area contributed by atoms with Gasteiger partial charge in [-0.15, -0.1) is 11.8 Å². The number of allylic oxidation sites excluding steroid dienone is 1. The molecule has 1 rings (SSSR count). The summed E-state index contributed by atoms with van der Waals surface area (Å²) >= 11 is 7.44. The van der Waals surface area contributed by atoms with Gasteiger partial charge in [0.05, 0.1) is 10.8 Å². The van der Waals surface area contributed by atoms with Crippen molar-refractivity contribution in [3.63, 3.8) is 0 Å². The second kappa shape index (κ2) is 5.99. The van der Waals surface area contributed by atoms with Crippen molar-refractivity contribution >= 4 is 29.1 Å². The van der Waals surface area contributed by atoms with Crippen molar-refractivity contribution in [2.24, 2.45) is 0 Å². The normalized spacial score (nSPS) is 10.0. The second-order valence-corrected chi connectivity index (χ2v) is 4.82. The first-order valence-electron chi connectivity index (χ1n) is 4.63. The highest BCUT2D eigenvalue weighted by molar-refractivity contribution is 8.00. The first-order valence-corrected chi connectivity index (χ1v) is 5.99. The molecule has 0 aliphatic carbocycles. The third-order valence-electron chi connectivity index (χ3n) is 1.72. The Morgan fingerprint density at radius 2 is 2.13 bits per heavy atom. The van der Waals surface area contributed by atoms with Gasteiger partial charge >= 0.3 is 0 Å². The SMILES string of the molecule is C=C(C)CC(=O)CSc1ccccc1Cl. The number of carbonyl (C=O) groups is 1. The largest absolute Gasteiger partial charge is 0.298 e. The summed E-state index contributed by atoms with van der Waals surface area (Å²) in [6.45, 7) is 5.57. The molecule has 0 bridgehead atoms. The predicted molar refractivity (Wildman–Crippen MR) is 66.6 cm³/mol. The minimum absolute atomic E-state index is 0.187. The molecule has 0 aliphatic heterocycles. The van der Waals surface area contributed by atoms with E-state index in [-0.39, 0.29) is 5.78 Å². The van der Waals surface area contributed by atoms with Gasteiger partial charge < -0.3 is 0 Å². The van der Waals surface area contributed by atoms with Crippen molar-refractivity contribution in [3.05, 3.63) is 41.4 Å². The van der Waals surface area contributed by atoms with Crippen LogP contribution < -0.4 is 0 Å². The minimum Gasteiger partial charge on any atom is -0.298 e. The monoisotopic (exact) mass is 240 g/mol. The third kappa shape index (κ3) is 4.54. The van der Waals surface area contributed by atoms with Gasteiger partial charge in [0.25, 0.3) is 0 Å². The van der Waals surface area contributed by atoms with Crippen molar-refractivity contribution < 1.29 is 4.79 Å². The van der Waals surface area contributed by atoms with E-state index in [4.69, 9.17) is 11.6 Å². The number of halogens is 1. The van der Waals surface area contributed by atoms with E-state index < -0.39 is 0 Å². The molecule has 0 saturated carbocycles. The van der Waals surface area contributed by atoms with E-state index >= 15 is 0 Å². The Hall–Kier alpha value is -0.730.